The van der Waals surface area contributed by atoms with Crippen LogP contribution in [-0.4, -0.2) is 14.5 Å². The molecular weight excluding hydrogens is 667 g/mol. The topological polar surface area (TPSA) is 43.9 Å². The highest BCUT2D eigenvalue weighted by atomic mass is 32.1. The maximum atomic E-state index is 6.70. The molecule has 0 aliphatic heterocycles. The lowest BCUT2D eigenvalue weighted by Gasteiger charge is -2.10. The number of aromatic nitrogens is 3. The Hall–Kier alpha value is -6.82. The monoisotopic (exact) mass is 693 g/mol. The first-order valence-electron chi connectivity index (χ1n) is 17.8. The van der Waals surface area contributed by atoms with E-state index in [4.69, 9.17) is 14.4 Å². The zero-order valence-corrected chi connectivity index (χ0v) is 29.1. The average molecular weight is 694 g/mol. The Balaban J connectivity index is 1.05. The van der Waals surface area contributed by atoms with E-state index in [1.54, 1.807) is 11.3 Å². The number of para-hydroxylation sites is 1. The fourth-order valence-electron chi connectivity index (χ4n) is 8.29. The fourth-order valence-corrected chi connectivity index (χ4v) is 9.45. The molecule has 0 bridgehead atoms. The molecule has 0 fully saturated rings. The van der Waals surface area contributed by atoms with Gasteiger partial charge in [-0.25, -0.2) is 9.97 Å². The zero-order chi connectivity index (χ0) is 34.6. The number of nitrogens with zero attached hydrogens (tertiary/aromatic N) is 3. The summed E-state index contributed by atoms with van der Waals surface area (Å²) in [6, 6.07) is 58.3. The third-order valence-corrected chi connectivity index (χ3v) is 11.9. The van der Waals surface area contributed by atoms with E-state index in [9.17, 15) is 0 Å². The molecule has 0 saturated carbocycles. The number of rotatable bonds is 3. The van der Waals surface area contributed by atoms with Crippen LogP contribution in [0.3, 0.4) is 0 Å². The summed E-state index contributed by atoms with van der Waals surface area (Å²) in [7, 11) is 0. The summed E-state index contributed by atoms with van der Waals surface area (Å²) in [4.78, 5) is 10.5. The Labute approximate surface area is 306 Å². The smallest absolute Gasteiger partial charge is 0.160 e. The van der Waals surface area contributed by atoms with Crippen LogP contribution in [0.5, 0.6) is 0 Å². The first-order chi connectivity index (χ1) is 26.2. The Kier molecular flexibility index (Phi) is 5.90. The molecule has 0 spiro atoms. The van der Waals surface area contributed by atoms with Crippen LogP contribution in [0, 0.1) is 0 Å². The van der Waals surface area contributed by atoms with Crippen LogP contribution < -0.4 is 0 Å². The van der Waals surface area contributed by atoms with E-state index in [0.29, 0.717) is 5.82 Å². The van der Waals surface area contributed by atoms with Gasteiger partial charge in [-0.15, -0.1) is 11.3 Å². The Morgan fingerprint density at radius 1 is 0.472 bits per heavy atom. The van der Waals surface area contributed by atoms with Crippen molar-refractivity contribution in [1.82, 2.24) is 14.5 Å². The average Bonchev–Trinajstić information content (AvgIpc) is 3.89. The van der Waals surface area contributed by atoms with E-state index < -0.39 is 0 Å². The largest absolute Gasteiger partial charge is 0.456 e. The normalized spacial score (nSPS) is 12.2. The van der Waals surface area contributed by atoms with Gasteiger partial charge in [-0.2, -0.15) is 0 Å². The predicted octanol–water partition coefficient (Wildman–Crippen LogP) is 13.5. The summed E-state index contributed by atoms with van der Waals surface area (Å²) < 4.78 is 11.4. The van der Waals surface area contributed by atoms with Crippen LogP contribution in [-0.2, 0) is 0 Å². The van der Waals surface area contributed by atoms with Crippen LogP contribution in [0.2, 0.25) is 0 Å². The lowest BCUT2D eigenvalue weighted by atomic mass is 10.0. The van der Waals surface area contributed by atoms with Gasteiger partial charge in [-0.05, 0) is 58.6 Å². The summed E-state index contributed by atoms with van der Waals surface area (Å²) >= 11 is 1.75. The Morgan fingerprint density at radius 3 is 2.06 bits per heavy atom. The molecule has 0 atom stereocenters. The van der Waals surface area contributed by atoms with Crippen LogP contribution >= 0.6 is 11.3 Å². The van der Waals surface area contributed by atoms with E-state index in [1.165, 1.54) is 48.1 Å². The molecule has 0 radical (unpaired) electrons. The number of hydrogen-bond acceptors (Lipinski definition) is 4. The molecule has 0 unspecified atom stereocenters. The molecule has 0 amide bonds. The van der Waals surface area contributed by atoms with E-state index in [2.05, 4.69) is 168 Å². The van der Waals surface area contributed by atoms with Gasteiger partial charge in [-0.1, -0.05) is 115 Å². The third-order valence-electron chi connectivity index (χ3n) is 10.8. The molecule has 246 valence electrons. The number of fused-ring (bicyclic) bond motifs is 12. The summed E-state index contributed by atoms with van der Waals surface area (Å²) in [5.74, 6) is 0.685. The van der Waals surface area contributed by atoms with Crippen LogP contribution in [0.4, 0.5) is 0 Å². The molecule has 4 heterocycles. The van der Waals surface area contributed by atoms with Gasteiger partial charge in [0.05, 0.1) is 26.9 Å². The van der Waals surface area contributed by atoms with Gasteiger partial charge in [0.1, 0.15) is 11.2 Å². The van der Waals surface area contributed by atoms with Crippen molar-refractivity contribution in [3.63, 3.8) is 0 Å². The summed E-state index contributed by atoms with van der Waals surface area (Å²) in [5, 5.41) is 10.6. The molecule has 53 heavy (non-hydrogen) atoms. The van der Waals surface area contributed by atoms with Gasteiger partial charge >= 0.3 is 0 Å². The van der Waals surface area contributed by atoms with Crippen LogP contribution in [0.1, 0.15) is 0 Å². The molecular formula is C48H27N3OS. The quantitative estimate of drug-likeness (QED) is 0.185. The van der Waals surface area contributed by atoms with Gasteiger partial charge in [-0.3, -0.25) is 0 Å². The van der Waals surface area contributed by atoms with Gasteiger partial charge < -0.3 is 8.98 Å². The highest BCUT2D eigenvalue weighted by molar-refractivity contribution is 7.26. The molecule has 12 rings (SSSR count). The molecule has 0 saturated heterocycles. The number of thiophene rings is 1. The van der Waals surface area contributed by atoms with Crippen molar-refractivity contribution < 1.29 is 4.42 Å². The van der Waals surface area contributed by atoms with E-state index in [0.717, 1.165) is 60.0 Å². The van der Waals surface area contributed by atoms with Gasteiger partial charge in [0.25, 0.3) is 0 Å². The van der Waals surface area contributed by atoms with Crippen molar-refractivity contribution in [3.05, 3.63) is 164 Å². The molecule has 4 nitrogen and oxygen atoms in total. The summed E-state index contributed by atoms with van der Waals surface area (Å²) in [5.41, 5.74) is 9.04. The second kappa shape index (κ2) is 10.8. The van der Waals surface area contributed by atoms with Crippen molar-refractivity contribution in [2.75, 3.05) is 0 Å². The van der Waals surface area contributed by atoms with E-state index in [1.807, 2.05) is 0 Å². The van der Waals surface area contributed by atoms with Crippen molar-refractivity contribution in [2.24, 2.45) is 0 Å². The van der Waals surface area contributed by atoms with Crippen molar-refractivity contribution in [3.8, 4) is 28.3 Å². The molecule has 8 aromatic carbocycles. The highest BCUT2D eigenvalue weighted by Crippen LogP contribution is 2.42. The third kappa shape index (κ3) is 4.23. The van der Waals surface area contributed by atoms with E-state index in [-0.39, 0.29) is 0 Å². The molecule has 4 aromatic heterocycles. The van der Waals surface area contributed by atoms with Gasteiger partial charge in [0.2, 0.25) is 0 Å². The molecule has 0 aliphatic carbocycles. The zero-order valence-electron chi connectivity index (χ0n) is 28.2. The van der Waals surface area contributed by atoms with E-state index >= 15 is 0 Å². The number of benzene rings is 8. The SMILES string of the molecule is c1ccc2cc(-c3nc(-c4ccc5c(c4)oc4cc(-n6c7ccccc7c7ccc8ccccc8c76)ccc45)nc4c3sc3ccccc34)ccc2c1. The highest BCUT2D eigenvalue weighted by Gasteiger charge is 2.19. The standard InChI is InChI=1S/C48H27N3OS/c1-2-11-30-25-31(18-17-28(30)9-1)44-47-45(39-14-6-8-16-43(39)53-47)50-48(49-44)32-20-22-36-37-24-21-33(27-42(37)52-41(36)26-32)51-40-15-7-5-13-35(40)38-23-19-29-10-3-4-12-34(29)46(38)51/h1-27H. The second-order valence-corrected chi connectivity index (χ2v) is 14.8. The minimum Gasteiger partial charge on any atom is -0.456 e. The Bertz CT molecular complexity index is 3480. The molecule has 5 heteroatoms. The van der Waals surface area contributed by atoms with Gasteiger partial charge in [0.15, 0.2) is 5.82 Å². The summed E-state index contributed by atoms with van der Waals surface area (Å²) in [6.45, 7) is 0. The van der Waals surface area contributed by atoms with Gasteiger partial charge in [0, 0.05) is 59.9 Å². The number of furan rings is 1. The first-order valence-corrected chi connectivity index (χ1v) is 18.6. The fraction of sp³-hybridized carbons (Fsp3) is 0. The lowest BCUT2D eigenvalue weighted by molar-refractivity contribution is 0.669. The maximum absolute atomic E-state index is 6.70. The van der Waals surface area contributed by atoms with Crippen LogP contribution in [0.15, 0.2) is 168 Å². The minimum absolute atomic E-state index is 0.685. The first kappa shape index (κ1) is 28.8. The molecule has 0 N–H and O–H groups in total. The predicted molar refractivity (Wildman–Crippen MR) is 222 cm³/mol. The van der Waals surface area contributed by atoms with Crippen LogP contribution in [0.25, 0.3) is 114 Å². The maximum Gasteiger partial charge on any atom is 0.160 e. The number of hydrogen-bond donors (Lipinski definition) is 0. The second-order valence-electron chi connectivity index (χ2n) is 13.8. The lowest BCUT2D eigenvalue weighted by Crippen LogP contribution is -1.94. The summed E-state index contributed by atoms with van der Waals surface area (Å²) in [6.07, 6.45) is 0. The molecule has 0 aliphatic rings. The molecule has 12 aromatic rings. The minimum atomic E-state index is 0.685. The van der Waals surface area contributed by atoms with Crippen molar-refractivity contribution in [1.29, 1.82) is 0 Å². The van der Waals surface area contributed by atoms with Crippen molar-refractivity contribution in [2.45, 2.75) is 0 Å². The Morgan fingerprint density at radius 2 is 1.15 bits per heavy atom. The van der Waals surface area contributed by atoms with Crippen molar-refractivity contribution >= 4 is 96.9 Å².